The number of fused-ring (bicyclic) bond motifs is 1. The van der Waals surface area contributed by atoms with Crippen LogP contribution in [0.2, 0.25) is 0 Å². The van der Waals surface area contributed by atoms with Crippen LogP contribution >= 0.6 is 0 Å². The summed E-state index contributed by atoms with van der Waals surface area (Å²) in [6.07, 6.45) is 4.08. The zero-order valence-corrected chi connectivity index (χ0v) is 14.6. The first-order valence-corrected chi connectivity index (χ1v) is 9.23. The minimum absolute atomic E-state index is 0.133. The lowest BCUT2D eigenvalue weighted by Crippen LogP contribution is -2.55. The van der Waals surface area contributed by atoms with E-state index in [0.29, 0.717) is 44.8 Å². The third-order valence-corrected chi connectivity index (χ3v) is 5.65. The van der Waals surface area contributed by atoms with Crippen molar-refractivity contribution in [2.75, 3.05) is 18.0 Å². The highest BCUT2D eigenvalue weighted by molar-refractivity contribution is 5.88. The van der Waals surface area contributed by atoms with Crippen molar-refractivity contribution < 1.29 is 19.1 Å². The smallest absolute Gasteiger partial charge is 0.329 e. The summed E-state index contributed by atoms with van der Waals surface area (Å²) in [7, 11) is 0. The van der Waals surface area contributed by atoms with Gasteiger partial charge in [0.05, 0.1) is 0 Å². The summed E-state index contributed by atoms with van der Waals surface area (Å²) < 4.78 is 5.79. The van der Waals surface area contributed by atoms with E-state index in [0.717, 1.165) is 23.9 Å². The van der Waals surface area contributed by atoms with Crippen LogP contribution in [0, 0.1) is 5.92 Å². The van der Waals surface area contributed by atoms with Crippen LogP contribution in [0.15, 0.2) is 28.7 Å². The molecular formula is C19H23N3O4. The molecule has 1 aromatic carbocycles. The van der Waals surface area contributed by atoms with Crippen molar-refractivity contribution in [1.82, 2.24) is 10.3 Å². The van der Waals surface area contributed by atoms with E-state index in [2.05, 4.69) is 10.3 Å². The Kier molecular flexibility index (Phi) is 4.30. The second-order valence-electron chi connectivity index (χ2n) is 7.31. The average Bonchev–Trinajstić information content (AvgIpc) is 3.29. The van der Waals surface area contributed by atoms with Crippen LogP contribution in [0.3, 0.4) is 0 Å². The molecule has 0 radical (unpaired) electrons. The van der Waals surface area contributed by atoms with E-state index in [1.807, 2.05) is 29.2 Å². The van der Waals surface area contributed by atoms with Gasteiger partial charge in [-0.3, -0.25) is 4.79 Å². The predicted molar refractivity (Wildman–Crippen MR) is 95.9 cm³/mol. The molecule has 7 heteroatoms. The molecule has 1 saturated carbocycles. The van der Waals surface area contributed by atoms with Gasteiger partial charge in [-0.2, -0.15) is 4.98 Å². The zero-order chi connectivity index (χ0) is 18.1. The summed E-state index contributed by atoms with van der Waals surface area (Å²) in [5.41, 5.74) is 0.521. The summed E-state index contributed by atoms with van der Waals surface area (Å²) in [4.78, 5) is 30.8. The number of carboxylic acid groups (broad SMARTS) is 1. The van der Waals surface area contributed by atoms with Gasteiger partial charge in [0.1, 0.15) is 11.1 Å². The number of nitrogens with one attached hydrogen (secondary N) is 1. The van der Waals surface area contributed by atoms with E-state index in [-0.39, 0.29) is 11.8 Å². The number of piperidine rings is 1. The van der Waals surface area contributed by atoms with E-state index in [1.165, 1.54) is 0 Å². The van der Waals surface area contributed by atoms with Crippen LogP contribution in [0.1, 0.15) is 38.5 Å². The predicted octanol–water partition coefficient (Wildman–Crippen LogP) is 2.56. The maximum Gasteiger partial charge on any atom is 0.329 e. The third-order valence-electron chi connectivity index (χ3n) is 5.65. The number of aliphatic carboxylic acids is 1. The lowest BCUT2D eigenvalue weighted by Gasteiger charge is -2.33. The Bertz CT molecular complexity index is 784. The molecule has 2 fully saturated rings. The van der Waals surface area contributed by atoms with Gasteiger partial charge >= 0.3 is 5.97 Å². The maximum absolute atomic E-state index is 12.6. The van der Waals surface area contributed by atoms with E-state index in [4.69, 9.17) is 4.42 Å². The molecule has 0 unspecified atom stereocenters. The number of rotatable bonds is 4. The highest BCUT2D eigenvalue weighted by Crippen LogP contribution is 2.31. The Morgan fingerprint density at radius 1 is 1.19 bits per heavy atom. The molecule has 138 valence electrons. The van der Waals surface area contributed by atoms with Crippen molar-refractivity contribution in [3.63, 3.8) is 0 Å². The van der Waals surface area contributed by atoms with Gasteiger partial charge in [0, 0.05) is 19.0 Å². The van der Waals surface area contributed by atoms with Crippen molar-refractivity contribution in [3.05, 3.63) is 24.3 Å². The van der Waals surface area contributed by atoms with Crippen molar-refractivity contribution in [3.8, 4) is 0 Å². The summed E-state index contributed by atoms with van der Waals surface area (Å²) in [5.74, 6) is -1.20. The fourth-order valence-corrected chi connectivity index (χ4v) is 4.04. The molecule has 2 N–H and O–H groups in total. The average molecular weight is 357 g/mol. The van der Waals surface area contributed by atoms with Gasteiger partial charge in [-0.15, -0.1) is 0 Å². The van der Waals surface area contributed by atoms with Crippen LogP contribution in [0.5, 0.6) is 0 Å². The molecule has 0 atom stereocenters. The van der Waals surface area contributed by atoms with Crippen molar-refractivity contribution >= 4 is 29.0 Å². The third kappa shape index (κ3) is 3.02. The zero-order valence-electron chi connectivity index (χ0n) is 14.6. The van der Waals surface area contributed by atoms with Gasteiger partial charge in [-0.25, -0.2) is 4.79 Å². The van der Waals surface area contributed by atoms with Gasteiger partial charge in [0.2, 0.25) is 5.91 Å². The molecule has 1 saturated heterocycles. The molecule has 7 nitrogen and oxygen atoms in total. The summed E-state index contributed by atoms with van der Waals surface area (Å²) in [6.45, 7) is 1.34. The van der Waals surface area contributed by atoms with Crippen LogP contribution in [0.25, 0.3) is 11.1 Å². The number of para-hydroxylation sites is 2. The van der Waals surface area contributed by atoms with Crippen molar-refractivity contribution in [2.24, 2.45) is 5.92 Å². The van der Waals surface area contributed by atoms with E-state index >= 15 is 0 Å². The standard InChI is InChI=1S/C19H23N3O4/c23-16(21-19(17(24)25)9-3-4-10-19)13-7-11-22(12-8-13)18-20-14-5-1-2-6-15(14)26-18/h1-2,5-6,13H,3-4,7-12H2,(H,21,23)(H,24,25). The van der Waals surface area contributed by atoms with Crippen molar-refractivity contribution in [1.29, 1.82) is 0 Å². The van der Waals surface area contributed by atoms with Gasteiger partial charge < -0.3 is 19.7 Å². The summed E-state index contributed by atoms with van der Waals surface area (Å²) >= 11 is 0. The van der Waals surface area contributed by atoms with Crippen LogP contribution < -0.4 is 10.2 Å². The number of oxazole rings is 1. The van der Waals surface area contributed by atoms with E-state index < -0.39 is 11.5 Å². The number of anilines is 1. The topological polar surface area (TPSA) is 95.7 Å². The number of hydrogen-bond acceptors (Lipinski definition) is 5. The van der Waals surface area contributed by atoms with E-state index in [1.54, 1.807) is 0 Å². The molecule has 1 aliphatic heterocycles. The molecule has 0 bridgehead atoms. The fraction of sp³-hybridized carbons (Fsp3) is 0.526. The number of hydrogen-bond donors (Lipinski definition) is 2. The van der Waals surface area contributed by atoms with Crippen LogP contribution in [-0.2, 0) is 9.59 Å². The number of carbonyl (C=O) groups excluding carboxylic acids is 1. The number of nitrogens with zero attached hydrogens (tertiary/aromatic N) is 2. The first-order chi connectivity index (χ1) is 12.6. The molecule has 1 amide bonds. The molecule has 2 aliphatic rings. The monoisotopic (exact) mass is 357 g/mol. The van der Waals surface area contributed by atoms with Gasteiger partial charge in [0.15, 0.2) is 5.58 Å². The lowest BCUT2D eigenvalue weighted by molar-refractivity contribution is -0.148. The fourth-order valence-electron chi connectivity index (χ4n) is 4.04. The molecule has 2 aromatic rings. The first kappa shape index (κ1) is 16.9. The second-order valence-corrected chi connectivity index (χ2v) is 7.31. The Hall–Kier alpha value is -2.57. The highest BCUT2D eigenvalue weighted by Gasteiger charge is 2.43. The summed E-state index contributed by atoms with van der Waals surface area (Å²) in [6, 6.07) is 8.22. The first-order valence-electron chi connectivity index (χ1n) is 9.23. The number of amides is 1. The maximum atomic E-state index is 12.6. The lowest BCUT2D eigenvalue weighted by atomic mass is 9.92. The molecule has 1 aliphatic carbocycles. The Morgan fingerprint density at radius 2 is 1.88 bits per heavy atom. The minimum atomic E-state index is -1.06. The number of benzene rings is 1. The van der Waals surface area contributed by atoms with Gasteiger partial charge in [-0.05, 0) is 37.8 Å². The van der Waals surface area contributed by atoms with Crippen molar-refractivity contribution in [2.45, 2.75) is 44.1 Å². The summed E-state index contributed by atoms with van der Waals surface area (Å²) in [5, 5.41) is 12.4. The normalized spacial score (nSPS) is 20.4. The number of aromatic nitrogens is 1. The van der Waals surface area contributed by atoms with Crippen LogP contribution in [-0.4, -0.2) is 40.6 Å². The van der Waals surface area contributed by atoms with Crippen LogP contribution in [0.4, 0.5) is 6.01 Å². The Balaban J connectivity index is 1.38. The largest absolute Gasteiger partial charge is 0.480 e. The molecule has 0 spiro atoms. The Labute approximate surface area is 151 Å². The Morgan fingerprint density at radius 3 is 2.54 bits per heavy atom. The molecule has 26 heavy (non-hydrogen) atoms. The molecular weight excluding hydrogens is 334 g/mol. The van der Waals surface area contributed by atoms with Gasteiger partial charge in [-0.1, -0.05) is 25.0 Å². The van der Waals surface area contributed by atoms with Gasteiger partial charge in [0.25, 0.3) is 6.01 Å². The quantitative estimate of drug-likeness (QED) is 0.873. The minimum Gasteiger partial charge on any atom is -0.480 e. The molecule has 2 heterocycles. The highest BCUT2D eigenvalue weighted by atomic mass is 16.4. The number of carbonyl (C=O) groups is 2. The second kappa shape index (κ2) is 6.63. The SMILES string of the molecule is O=C(NC1(C(=O)O)CCCC1)C1CCN(c2nc3ccccc3o2)CC1. The molecule has 1 aromatic heterocycles. The van der Waals surface area contributed by atoms with E-state index in [9.17, 15) is 14.7 Å². The number of carboxylic acids is 1. The molecule has 4 rings (SSSR count).